The van der Waals surface area contributed by atoms with E-state index in [-0.39, 0.29) is 22.5 Å². The van der Waals surface area contributed by atoms with Gasteiger partial charge in [0, 0.05) is 33.2 Å². The molecule has 0 aliphatic rings. The molecule has 18 heteroatoms. The zero-order valence-corrected chi connectivity index (χ0v) is 27.3. The highest BCUT2D eigenvalue weighted by molar-refractivity contribution is 5.70. The Hall–Kier alpha value is -5.55. The number of fused-ring (bicyclic) bond motifs is 3. The molecule has 6 aromatic heterocycles. The summed E-state index contributed by atoms with van der Waals surface area (Å²) in [5, 5.41) is 0. The van der Waals surface area contributed by atoms with E-state index in [1.54, 1.807) is 4.57 Å². The average Bonchev–Trinajstić information content (AvgIpc) is 3.83. The number of imidazole rings is 3. The van der Waals surface area contributed by atoms with Crippen LogP contribution < -0.4 is 33.7 Å². The fourth-order valence-electron chi connectivity index (χ4n) is 5.07. The zero-order chi connectivity index (χ0) is 34.4. The Bertz CT molecular complexity index is 2360. The van der Waals surface area contributed by atoms with Crippen molar-refractivity contribution in [3.63, 3.8) is 0 Å². The Morgan fingerprint density at radius 3 is 1.64 bits per heavy atom. The monoisotopic (exact) mass is 652 g/mol. The number of nitrogens with one attached hydrogen (secondary N) is 4. The van der Waals surface area contributed by atoms with Gasteiger partial charge in [-0.3, -0.25) is 42.2 Å². The van der Waals surface area contributed by atoms with Gasteiger partial charge in [-0.15, -0.1) is 0 Å². The lowest BCUT2D eigenvalue weighted by atomic mass is 10.2. The summed E-state index contributed by atoms with van der Waals surface area (Å²) in [6.45, 7) is 12.0. The molecule has 0 amide bonds. The topological polar surface area (TPSA) is 229 Å². The van der Waals surface area contributed by atoms with Crippen LogP contribution in [0.1, 0.15) is 53.9 Å². The van der Waals surface area contributed by atoms with Crippen molar-refractivity contribution in [3.8, 4) is 0 Å². The van der Waals surface area contributed by atoms with Gasteiger partial charge in [-0.1, -0.05) is 34.6 Å². The second-order valence-electron chi connectivity index (χ2n) is 11.3. The van der Waals surface area contributed by atoms with Crippen molar-refractivity contribution < 1.29 is 0 Å². The molecule has 0 aliphatic carbocycles. The maximum Gasteiger partial charge on any atom is 0.332 e. The third-order valence-corrected chi connectivity index (χ3v) is 7.16. The fourth-order valence-corrected chi connectivity index (χ4v) is 5.07. The molecule has 0 aliphatic heterocycles. The maximum absolute atomic E-state index is 12.2. The number of H-pyrrole nitrogens is 4. The smallest absolute Gasteiger partial charge is 0.332 e. The third-order valence-electron chi connectivity index (χ3n) is 7.16. The molecular formula is C29H40N12O6. The summed E-state index contributed by atoms with van der Waals surface area (Å²) in [4.78, 5) is 93.0. The molecule has 6 rings (SSSR count). The molecule has 0 unspecified atom stereocenters. The summed E-state index contributed by atoms with van der Waals surface area (Å²) in [5.74, 6) is 0.315. The van der Waals surface area contributed by atoms with Crippen molar-refractivity contribution in [3.05, 3.63) is 81.5 Å². The first-order chi connectivity index (χ1) is 22.5. The number of hydrogen-bond donors (Lipinski definition) is 4. The molecule has 0 saturated heterocycles. The summed E-state index contributed by atoms with van der Waals surface area (Å²) >= 11 is 0. The molecular weight excluding hydrogens is 612 g/mol. The minimum atomic E-state index is -0.421. The lowest BCUT2D eigenvalue weighted by Gasteiger charge is -2.10. The van der Waals surface area contributed by atoms with Crippen LogP contribution in [-0.2, 0) is 33.2 Å². The van der Waals surface area contributed by atoms with Crippen molar-refractivity contribution in [1.82, 2.24) is 57.7 Å². The van der Waals surface area contributed by atoms with Gasteiger partial charge in [-0.2, -0.15) is 0 Å². The summed E-state index contributed by atoms with van der Waals surface area (Å²) in [5.41, 5.74) is 0.404. The van der Waals surface area contributed by atoms with Gasteiger partial charge >= 0.3 is 17.1 Å². The summed E-state index contributed by atoms with van der Waals surface area (Å²) < 4.78 is 6.91. The summed E-state index contributed by atoms with van der Waals surface area (Å²) in [7, 11) is 1.47. The number of nitrogens with zero attached hydrogens (tertiary/aromatic N) is 8. The summed E-state index contributed by atoms with van der Waals surface area (Å²) in [6.07, 6.45) is 6.68. The molecule has 6 aromatic rings. The quantitative estimate of drug-likeness (QED) is 0.180. The van der Waals surface area contributed by atoms with Crippen LogP contribution in [0.4, 0.5) is 0 Å². The van der Waals surface area contributed by atoms with E-state index in [4.69, 9.17) is 0 Å². The van der Waals surface area contributed by atoms with Crippen LogP contribution >= 0.6 is 0 Å². The first-order valence-corrected chi connectivity index (χ1v) is 15.4. The lowest BCUT2D eigenvalue weighted by molar-refractivity contribution is 0.500. The molecule has 0 fully saturated rings. The van der Waals surface area contributed by atoms with Crippen molar-refractivity contribution in [1.29, 1.82) is 0 Å². The standard InChI is InChI=1S/C11H16N4O2.C10H14N4O2.C8H10N4O2/c1-3-5-14-9-8(12-7-13-9)10(16)15(6-4-2)11(14)17;1-6(2)4-14-8-7(11-5-12-8)9(15)13(3)10(14)16;1-2-3-12-6-5(9-4-10-6)7(13)11-8(12)14/h7H,3-6H2,1-2H3,(H,12,13);5-6H,4H2,1-3H3,(H,11,12);4H,2-3H2,1H3,(H,9,10)(H,11,13,14). The van der Waals surface area contributed by atoms with Crippen molar-refractivity contribution in [2.75, 3.05) is 0 Å². The van der Waals surface area contributed by atoms with Gasteiger partial charge < -0.3 is 15.0 Å². The highest BCUT2D eigenvalue weighted by Crippen LogP contribution is 2.05. The van der Waals surface area contributed by atoms with E-state index in [0.717, 1.165) is 23.8 Å². The molecule has 0 atom stereocenters. The third kappa shape index (κ3) is 6.85. The van der Waals surface area contributed by atoms with Crippen LogP contribution in [0.5, 0.6) is 0 Å². The number of rotatable bonds is 8. The first-order valence-electron chi connectivity index (χ1n) is 15.4. The van der Waals surface area contributed by atoms with Gasteiger partial charge in [0.1, 0.15) is 16.6 Å². The van der Waals surface area contributed by atoms with Crippen molar-refractivity contribution in [2.45, 2.75) is 80.1 Å². The molecule has 18 nitrogen and oxygen atoms in total. The SMILES string of the molecule is CC(C)Cn1c(=O)n(C)c(=O)c2[nH]cnc21.CCCn1c(=O)[nH]c(=O)c2[nH]cnc21.CCCn1c(=O)c2[nH]cnc2n(CCC)c1=O. The summed E-state index contributed by atoms with van der Waals surface area (Å²) in [6, 6.07) is 0. The van der Waals surface area contributed by atoms with Crippen LogP contribution in [0.2, 0.25) is 0 Å². The zero-order valence-electron chi connectivity index (χ0n) is 27.3. The molecule has 4 N–H and O–H groups in total. The predicted octanol–water partition coefficient (Wildman–Crippen LogP) is 0.609. The Labute approximate surface area is 265 Å². The van der Waals surface area contributed by atoms with Gasteiger partial charge in [0.05, 0.1) is 19.0 Å². The second kappa shape index (κ2) is 14.7. The second-order valence-corrected chi connectivity index (χ2v) is 11.3. The molecule has 0 radical (unpaired) electrons. The largest absolute Gasteiger partial charge is 0.339 e. The van der Waals surface area contributed by atoms with Crippen LogP contribution in [0.25, 0.3) is 33.5 Å². The fraction of sp³-hybridized carbons (Fsp3) is 0.483. The lowest BCUT2D eigenvalue weighted by Crippen LogP contribution is -2.40. The van der Waals surface area contributed by atoms with Crippen molar-refractivity contribution >= 4 is 33.5 Å². The van der Waals surface area contributed by atoms with E-state index in [1.165, 1.54) is 39.7 Å². The highest BCUT2D eigenvalue weighted by Gasteiger charge is 2.15. The van der Waals surface area contributed by atoms with Crippen LogP contribution in [0.15, 0.2) is 47.7 Å². The Morgan fingerprint density at radius 2 is 1.09 bits per heavy atom. The van der Waals surface area contributed by atoms with Gasteiger partial charge in [-0.25, -0.2) is 29.3 Å². The van der Waals surface area contributed by atoms with E-state index < -0.39 is 11.2 Å². The first kappa shape index (κ1) is 34.3. The number of hydrogen-bond acceptors (Lipinski definition) is 9. The van der Waals surface area contributed by atoms with Gasteiger partial charge in [0.25, 0.3) is 16.7 Å². The number of aryl methyl sites for hydroxylation is 2. The van der Waals surface area contributed by atoms with Crippen LogP contribution in [-0.4, -0.2) is 57.7 Å². The Balaban J connectivity index is 0.000000160. The molecule has 0 spiro atoms. The van der Waals surface area contributed by atoms with Crippen LogP contribution in [0.3, 0.4) is 0 Å². The minimum Gasteiger partial charge on any atom is -0.339 e. The Morgan fingerprint density at radius 1 is 0.617 bits per heavy atom. The average molecular weight is 653 g/mol. The minimum absolute atomic E-state index is 0.265. The molecule has 0 aromatic carbocycles. The van der Waals surface area contributed by atoms with Crippen molar-refractivity contribution in [2.24, 2.45) is 13.0 Å². The van der Waals surface area contributed by atoms with E-state index in [1.807, 2.05) is 34.6 Å². The molecule has 0 bridgehead atoms. The van der Waals surface area contributed by atoms with Crippen LogP contribution in [0, 0.1) is 5.92 Å². The van der Waals surface area contributed by atoms with E-state index >= 15 is 0 Å². The highest BCUT2D eigenvalue weighted by atomic mass is 16.2. The van der Waals surface area contributed by atoms with E-state index in [9.17, 15) is 28.8 Å². The van der Waals surface area contributed by atoms with E-state index in [0.29, 0.717) is 65.6 Å². The maximum atomic E-state index is 12.2. The predicted molar refractivity (Wildman–Crippen MR) is 177 cm³/mol. The van der Waals surface area contributed by atoms with Gasteiger partial charge in [-0.05, 0) is 25.2 Å². The molecule has 0 saturated carbocycles. The van der Waals surface area contributed by atoms with E-state index in [2.05, 4.69) is 34.9 Å². The number of aromatic nitrogens is 12. The Kier molecular flexibility index (Phi) is 10.7. The number of aromatic amines is 4. The van der Waals surface area contributed by atoms with Gasteiger partial charge in [0.2, 0.25) is 0 Å². The molecule has 252 valence electrons. The molecule has 6 heterocycles. The normalized spacial score (nSPS) is 11.2. The van der Waals surface area contributed by atoms with Gasteiger partial charge in [0.15, 0.2) is 16.9 Å². The molecule has 47 heavy (non-hydrogen) atoms.